The van der Waals surface area contributed by atoms with Gasteiger partial charge < -0.3 is 4.90 Å². The molecule has 0 bridgehead atoms. The summed E-state index contributed by atoms with van der Waals surface area (Å²) in [5.41, 5.74) is 4.65. The van der Waals surface area contributed by atoms with Crippen molar-refractivity contribution in [1.82, 2.24) is 9.80 Å². The van der Waals surface area contributed by atoms with Gasteiger partial charge in [-0.15, -0.1) is 0 Å². The van der Waals surface area contributed by atoms with Gasteiger partial charge in [0, 0.05) is 37.5 Å². The number of amides is 1. The second-order valence-corrected chi connectivity index (χ2v) is 8.55. The first-order chi connectivity index (χ1) is 14.8. The van der Waals surface area contributed by atoms with E-state index < -0.39 is 0 Å². The molecule has 4 rings (SSSR count). The average molecular weight is 417 g/mol. The molecule has 4 heteroatoms. The maximum atomic E-state index is 13.0. The lowest BCUT2D eigenvalue weighted by Gasteiger charge is -2.39. The van der Waals surface area contributed by atoms with Crippen molar-refractivity contribution in [1.29, 1.82) is 0 Å². The molecule has 30 heavy (non-hydrogen) atoms. The largest absolute Gasteiger partial charge is 0.336 e. The predicted octanol–water partition coefficient (Wildman–Crippen LogP) is 5.10. The second-order valence-electron chi connectivity index (χ2n) is 7.68. The van der Waals surface area contributed by atoms with Crippen molar-refractivity contribution in [3.8, 4) is 0 Å². The number of nitrogens with zero attached hydrogens (tertiary/aromatic N) is 2. The van der Waals surface area contributed by atoms with Gasteiger partial charge in [0.25, 0.3) is 5.91 Å². The summed E-state index contributed by atoms with van der Waals surface area (Å²) >= 11 is 1.80. The molecule has 1 aliphatic rings. The van der Waals surface area contributed by atoms with E-state index in [9.17, 15) is 4.79 Å². The zero-order chi connectivity index (χ0) is 20.8. The summed E-state index contributed by atoms with van der Waals surface area (Å²) in [5.74, 6) is 1.12. The van der Waals surface area contributed by atoms with Crippen molar-refractivity contribution in [3.05, 3.63) is 107 Å². The highest BCUT2D eigenvalue weighted by Gasteiger charge is 2.28. The number of piperazine rings is 1. The van der Waals surface area contributed by atoms with Gasteiger partial charge >= 0.3 is 0 Å². The van der Waals surface area contributed by atoms with Gasteiger partial charge in [0.1, 0.15) is 0 Å². The van der Waals surface area contributed by atoms with E-state index in [4.69, 9.17) is 0 Å². The predicted molar refractivity (Wildman–Crippen MR) is 126 cm³/mol. The molecule has 1 saturated heterocycles. The molecular weight excluding hydrogens is 388 g/mol. The summed E-state index contributed by atoms with van der Waals surface area (Å²) < 4.78 is 0. The van der Waals surface area contributed by atoms with E-state index in [1.54, 1.807) is 11.8 Å². The third-order valence-corrected chi connectivity index (χ3v) is 6.33. The molecule has 3 aromatic rings. The maximum absolute atomic E-state index is 13.0. The van der Waals surface area contributed by atoms with Gasteiger partial charge in [-0.3, -0.25) is 9.69 Å². The monoisotopic (exact) mass is 416 g/mol. The Labute approximate surface area is 183 Å². The van der Waals surface area contributed by atoms with Crippen LogP contribution < -0.4 is 0 Å². The molecule has 1 heterocycles. The minimum absolute atomic E-state index is 0.140. The topological polar surface area (TPSA) is 23.6 Å². The summed E-state index contributed by atoms with van der Waals surface area (Å²) in [4.78, 5) is 17.5. The minimum atomic E-state index is 0.140. The molecule has 0 unspecified atom stereocenters. The van der Waals surface area contributed by atoms with E-state index in [2.05, 4.69) is 84.0 Å². The van der Waals surface area contributed by atoms with Crippen LogP contribution in [0.2, 0.25) is 0 Å². The van der Waals surface area contributed by atoms with E-state index in [0.717, 1.165) is 37.5 Å². The van der Waals surface area contributed by atoms with Gasteiger partial charge in [0.05, 0.1) is 6.04 Å². The zero-order valence-electron chi connectivity index (χ0n) is 17.4. The summed E-state index contributed by atoms with van der Waals surface area (Å²) in [6, 6.07) is 29.6. The molecule has 3 aromatic carbocycles. The molecule has 0 spiro atoms. The van der Waals surface area contributed by atoms with Crippen molar-refractivity contribution in [2.24, 2.45) is 0 Å². The van der Waals surface area contributed by atoms with Crippen molar-refractivity contribution in [3.63, 3.8) is 0 Å². The fraction of sp³-hybridized carbons (Fsp3) is 0.269. The number of thioether (sulfide) groups is 1. The Kier molecular flexibility index (Phi) is 6.88. The van der Waals surface area contributed by atoms with Crippen LogP contribution in [0.3, 0.4) is 0 Å². The highest BCUT2D eigenvalue weighted by molar-refractivity contribution is 7.97. The Hall–Kier alpha value is -2.56. The summed E-state index contributed by atoms with van der Waals surface area (Å²) in [6.07, 6.45) is 2.09. The lowest BCUT2D eigenvalue weighted by molar-refractivity contribution is 0.0597. The van der Waals surface area contributed by atoms with Gasteiger partial charge in [0.2, 0.25) is 0 Å². The Morgan fingerprint density at radius 3 is 1.83 bits per heavy atom. The zero-order valence-corrected chi connectivity index (χ0v) is 18.2. The van der Waals surface area contributed by atoms with Crippen LogP contribution in [0.25, 0.3) is 0 Å². The first-order valence-electron chi connectivity index (χ1n) is 10.5. The lowest BCUT2D eigenvalue weighted by Crippen LogP contribution is -2.49. The lowest BCUT2D eigenvalue weighted by atomic mass is 9.96. The molecule has 154 valence electrons. The molecule has 1 amide bonds. The Bertz CT molecular complexity index is 896. The van der Waals surface area contributed by atoms with Crippen LogP contribution in [-0.4, -0.2) is 48.1 Å². The number of hydrogen-bond donors (Lipinski definition) is 0. The normalized spacial score (nSPS) is 14.8. The molecular formula is C26H28N2OS. The van der Waals surface area contributed by atoms with E-state index in [0.29, 0.717) is 0 Å². The number of hydrogen-bond acceptors (Lipinski definition) is 3. The summed E-state index contributed by atoms with van der Waals surface area (Å²) in [6.45, 7) is 3.23. The molecule has 0 aliphatic carbocycles. The van der Waals surface area contributed by atoms with Crippen molar-refractivity contribution >= 4 is 17.7 Å². The average Bonchev–Trinajstić information content (AvgIpc) is 2.81. The van der Waals surface area contributed by atoms with Crippen LogP contribution in [0.15, 0.2) is 84.9 Å². The second kappa shape index (κ2) is 9.96. The fourth-order valence-electron chi connectivity index (χ4n) is 4.16. The molecule has 0 radical (unpaired) electrons. The van der Waals surface area contributed by atoms with Crippen LogP contribution in [0.5, 0.6) is 0 Å². The van der Waals surface area contributed by atoms with Crippen molar-refractivity contribution in [2.45, 2.75) is 11.8 Å². The Balaban J connectivity index is 1.46. The highest BCUT2D eigenvalue weighted by Crippen LogP contribution is 2.29. The van der Waals surface area contributed by atoms with Crippen LogP contribution >= 0.6 is 11.8 Å². The first kappa shape index (κ1) is 20.7. The smallest absolute Gasteiger partial charge is 0.253 e. The quantitative estimate of drug-likeness (QED) is 0.559. The molecule has 0 N–H and O–H groups in total. The fourth-order valence-corrected chi connectivity index (χ4v) is 4.69. The molecule has 0 atom stereocenters. The van der Waals surface area contributed by atoms with Crippen LogP contribution in [0.1, 0.15) is 33.1 Å². The van der Waals surface area contributed by atoms with E-state index in [-0.39, 0.29) is 11.9 Å². The number of carbonyl (C=O) groups is 1. The number of rotatable bonds is 6. The van der Waals surface area contributed by atoms with Crippen LogP contribution in [-0.2, 0) is 5.75 Å². The SMILES string of the molecule is CSCc1ccc(C(=O)N2CCN(C(c3ccccc3)c3ccccc3)CC2)cc1. The Morgan fingerprint density at radius 2 is 1.33 bits per heavy atom. The minimum Gasteiger partial charge on any atom is -0.336 e. The molecule has 1 fully saturated rings. The van der Waals surface area contributed by atoms with Gasteiger partial charge in [0.15, 0.2) is 0 Å². The third kappa shape index (κ3) is 4.77. The molecule has 0 aromatic heterocycles. The maximum Gasteiger partial charge on any atom is 0.253 e. The van der Waals surface area contributed by atoms with Crippen molar-refractivity contribution in [2.75, 3.05) is 32.4 Å². The summed E-state index contributed by atoms with van der Waals surface area (Å²) in [5, 5.41) is 0. The van der Waals surface area contributed by atoms with Gasteiger partial charge in [-0.1, -0.05) is 72.8 Å². The van der Waals surface area contributed by atoms with Crippen LogP contribution in [0, 0.1) is 0 Å². The van der Waals surface area contributed by atoms with E-state index in [1.807, 2.05) is 17.0 Å². The highest BCUT2D eigenvalue weighted by atomic mass is 32.2. The number of carbonyl (C=O) groups excluding carboxylic acids is 1. The van der Waals surface area contributed by atoms with Gasteiger partial charge in [-0.25, -0.2) is 0 Å². The third-order valence-electron chi connectivity index (χ3n) is 5.71. The Morgan fingerprint density at radius 1 is 0.800 bits per heavy atom. The van der Waals surface area contributed by atoms with Gasteiger partial charge in [-0.05, 0) is 35.1 Å². The standard InChI is InChI=1S/C26H28N2OS/c1-30-20-21-12-14-24(15-13-21)26(29)28-18-16-27(17-19-28)25(22-8-4-2-5-9-22)23-10-6-3-7-11-23/h2-15,25H,16-20H2,1H3. The first-order valence-corrected chi connectivity index (χ1v) is 11.9. The summed E-state index contributed by atoms with van der Waals surface area (Å²) in [7, 11) is 0. The molecule has 1 aliphatic heterocycles. The van der Waals surface area contributed by atoms with E-state index in [1.165, 1.54) is 16.7 Å². The van der Waals surface area contributed by atoms with Crippen molar-refractivity contribution < 1.29 is 4.79 Å². The van der Waals surface area contributed by atoms with Crippen LogP contribution in [0.4, 0.5) is 0 Å². The van der Waals surface area contributed by atoms with Gasteiger partial charge in [-0.2, -0.15) is 11.8 Å². The number of benzene rings is 3. The molecule has 3 nitrogen and oxygen atoms in total. The van der Waals surface area contributed by atoms with E-state index >= 15 is 0 Å². The molecule has 0 saturated carbocycles.